The lowest BCUT2D eigenvalue weighted by Crippen LogP contribution is -2.48. The highest BCUT2D eigenvalue weighted by Gasteiger charge is 2.31. The van der Waals surface area contributed by atoms with Crippen molar-refractivity contribution in [3.05, 3.63) is 23.7 Å². The van der Waals surface area contributed by atoms with Crippen LogP contribution in [0.3, 0.4) is 0 Å². The van der Waals surface area contributed by atoms with Gasteiger partial charge in [0.05, 0.1) is 13.7 Å². The summed E-state index contributed by atoms with van der Waals surface area (Å²) in [7, 11) is 1.71. The molecule has 16 heavy (non-hydrogen) atoms. The average molecular weight is 224 g/mol. The first kappa shape index (κ1) is 11.3. The predicted octanol–water partition coefficient (Wildman–Crippen LogP) is 0.408. The highest BCUT2D eigenvalue weighted by molar-refractivity contribution is 5.15. The van der Waals surface area contributed by atoms with Gasteiger partial charge in [-0.2, -0.15) is 0 Å². The molecule has 0 bridgehead atoms. The molecule has 1 fully saturated rings. The first-order valence-corrected chi connectivity index (χ1v) is 5.72. The number of nitrogens with one attached hydrogen (secondary N) is 2. The van der Waals surface area contributed by atoms with Crippen LogP contribution in [0.4, 0.5) is 0 Å². The fraction of sp³-hybridized carbons (Fsp3) is 0.636. The topological polar surface area (TPSA) is 39.8 Å². The van der Waals surface area contributed by atoms with Gasteiger partial charge in [-0.25, -0.2) is 0 Å². The van der Waals surface area contributed by atoms with E-state index in [-0.39, 0.29) is 0 Å². The molecule has 0 radical (unpaired) electrons. The van der Waals surface area contributed by atoms with Crippen molar-refractivity contribution in [1.82, 2.24) is 20.9 Å². The highest BCUT2D eigenvalue weighted by atomic mass is 16.5. The summed E-state index contributed by atoms with van der Waals surface area (Å²) >= 11 is 0. The first-order valence-electron chi connectivity index (χ1n) is 5.72. The SMILES string of the molecule is C=C(CC)CN1NN2CCNCC2=C1OC. The van der Waals surface area contributed by atoms with E-state index >= 15 is 0 Å². The Bertz CT molecular complexity index is 313. The largest absolute Gasteiger partial charge is 0.480 e. The highest BCUT2D eigenvalue weighted by Crippen LogP contribution is 2.22. The fourth-order valence-electron chi connectivity index (χ4n) is 1.95. The molecule has 1 saturated heterocycles. The summed E-state index contributed by atoms with van der Waals surface area (Å²) in [6, 6.07) is 0. The van der Waals surface area contributed by atoms with E-state index < -0.39 is 0 Å². The van der Waals surface area contributed by atoms with Gasteiger partial charge in [0.1, 0.15) is 5.70 Å². The molecule has 0 spiro atoms. The van der Waals surface area contributed by atoms with Crippen molar-refractivity contribution in [3.8, 4) is 0 Å². The first-order chi connectivity index (χ1) is 7.76. The van der Waals surface area contributed by atoms with Crippen molar-refractivity contribution in [2.45, 2.75) is 13.3 Å². The number of nitrogens with zero attached hydrogens (tertiary/aromatic N) is 2. The predicted molar refractivity (Wildman–Crippen MR) is 62.9 cm³/mol. The van der Waals surface area contributed by atoms with Crippen molar-refractivity contribution in [2.24, 2.45) is 0 Å². The second-order valence-corrected chi connectivity index (χ2v) is 4.07. The Kier molecular flexibility index (Phi) is 3.36. The average Bonchev–Trinajstić information content (AvgIpc) is 2.65. The summed E-state index contributed by atoms with van der Waals surface area (Å²) in [4.78, 5) is 0. The minimum atomic E-state index is 0.791. The van der Waals surface area contributed by atoms with Crippen LogP contribution in [0.2, 0.25) is 0 Å². The third-order valence-electron chi connectivity index (χ3n) is 2.94. The van der Waals surface area contributed by atoms with Gasteiger partial charge in [0.15, 0.2) is 0 Å². The third-order valence-corrected chi connectivity index (χ3v) is 2.94. The van der Waals surface area contributed by atoms with Gasteiger partial charge in [-0.3, -0.25) is 10.0 Å². The van der Waals surface area contributed by atoms with Crippen LogP contribution in [0, 0.1) is 0 Å². The molecule has 0 amide bonds. The van der Waals surface area contributed by atoms with Crippen molar-refractivity contribution >= 4 is 0 Å². The minimum Gasteiger partial charge on any atom is -0.480 e. The maximum atomic E-state index is 5.46. The summed E-state index contributed by atoms with van der Waals surface area (Å²) in [6.45, 7) is 9.74. The summed E-state index contributed by atoms with van der Waals surface area (Å²) in [6.07, 6.45) is 0.989. The minimum absolute atomic E-state index is 0.791. The number of fused-ring (bicyclic) bond motifs is 1. The zero-order valence-electron chi connectivity index (χ0n) is 10.0. The fourth-order valence-corrected chi connectivity index (χ4v) is 1.95. The van der Waals surface area contributed by atoms with Gasteiger partial charge in [-0.15, -0.1) is 5.53 Å². The van der Waals surface area contributed by atoms with Gasteiger partial charge in [0.2, 0.25) is 5.88 Å². The second kappa shape index (κ2) is 4.76. The molecule has 0 unspecified atom stereocenters. The molecule has 2 heterocycles. The molecule has 2 N–H and O–H groups in total. The number of piperazine rings is 1. The van der Waals surface area contributed by atoms with Crippen molar-refractivity contribution in [2.75, 3.05) is 33.3 Å². The van der Waals surface area contributed by atoms with E-state index in [2.05, 4.69) is 29.4 Å². The van der Waals surface area contributed by atoms with E-state index in [4.69, 9.17) is 4.74 Å². The Balaban J connectivity index is 2.10. The summed E-state index contributed by atoms with van der Waals surface area (Å²) in [5.41, 5.74) is 5.69. The van der Waals surface area contributed by atoms with Crippen molar-refractivity contribution in [1.29, 1.82) is 0 Å². The zero-order chi connectivity index (χ0) is 11.5. The molecular weight excluding hydrogens is 204 g/mol. The van der Waals surface area contributed by atoms with Crippen LogP contribution in [-0.4, -0.2) is 43.3 Å². The molecule has 0 aliphatic carbocycles. The number of hydrogen-bond acceptors (Lipinski definition) is 5. The van der Waals surface area contributed by atoms with E-state index in [9.17, 15) is 0 Å². The van der Waals surface area contributed by atoms with Gasteiger partial charge >= 0.3 is 0 Å². The molecule has 0 aromatic rings. The Morgan fingerprint density at radius 1 is 1.56 bits per heavy atom. The lowest BCUT2D eigenvalue weighted by atomic mass is 10.2. The van der Waals surface area contributed by atoms with E-state index in [0.29, 0.717) is 0 Å². The Morgan fingerprint density at radius 3 is 3.06 bits per heavy atom. The number of hydrazine groups is 2. The summed E-state index contributed by atoms with van der Waals surface area (Å²) < 4.78 is 5.46. The lowest BCUT2D eigenvalue weighted by molar-refractivity contribution is 0.0795. The number of hydrogen-bond donors (Lipinski definition) is 2. The Morgan fingerprint density at radius 2 is 2.38 bits per heavy atom. The molecule has 0 saturated carbocycles. The van der Waals surface area contributed by atoms with Crippen LogP contribution in [0.1, 0.15) is 13.3 Å². The van der Waals surface area contributed by atoms with E-state index in [1.165, 1.54) is 11.3 Å². The smallest absolute Gasteiger partial charge is 0.228 e. The van der Waals surface area contributed by atoms with Crippen LogP contribution in [0.15, 0.2) is 23.7 Å². The van der Waals surface area contributed by atoms with E-state index in [1.807, 2.05) is 5.01 Å². The molecule has 5 nitrogen and oxygen atoms in total. The zero-order valence-corrected chi connectivity index (χ0v) is 10.0. The van der Waals surface area contributed by atoms with Crippen LogP contribution < -0.4 is 10.9 Å². The summed E-state index contributed by atoms with van der Waals surface area (Å²) in [5.74, 6) is 0.904. The quantitative estimate of drug-likeness (QED) is 0.677. The number of rotatable bonds is 4. The Labute approximate surface area is 96.7 Å². The second-order valence-electron chi connectivity index (χ2n) is 4.07. The molecule has 90 valence electrons. The third kappa shape index (κ3) is 2.01. The van der Waals surface area contributed by atoms with E-state index in [0.717, 1.165) is 38.5 Å². The van der Waals surface area contributed by atoms with Crippen LogP contribution in [-0.2, 0) is 4.74 Å². The van der Waals surface area contributed by atoms with Crippen LogP contribution in [0.25, 0.3) is 0 Å². The van der Waals surface area contributed by atoms with Crippen LogP contribution in [0.5, 0.6) is 0 Å². The van der Waals surface area contributed by atoms with Gasteiger partial charge in [-0.1, -0.05) is 19.1 Å². The van der Waals surface area contributed by atoms with Gasteiger partial charge in [0, 0.05) is 19.6 Å². The molecule has 0 aromatic heterocycles. The maximum absolute atomic E-state index is 5.46. The Hall–Kier alpha value is -1.20. The van der Waals surface area contributed by atoms with Crippen molar-refractivity contribution in [3.63, 3.8) is 0 Å². The molecule has 2 aliphatic heterocycles. The molecule has 2 rings (SSSR count). The van der Waals surface area contributed by atoms with Crippen LogP contribution >= 0.6 is 0 Å². The monoisotopic (exact) mass is 224 g/mol. The van der Waals surface area contributed by atoms with Crippen molar-refractivity contribution < 1.29 is 4.74 Å². The van der Waals surface area contributed by atoms with Gasteiger partial charge in [-0.05, 0) is 6.42 Å². The molecule has 2 aliphatic rings. The van der Waals surface area contributed by atoms with Gasteiger partial charge < -0.3 is 10.1 Å². The van der Waals surface area contributed by atoms with E-state index in [1.54, 1.807) is 7.11 Å². The molecule has 5 heteroatoms. The number of methoxy groups -OCH3 is 1. The number of ether oxygens (including phenoxy) is 1. The summed E-state index contributed by atoms with van der Waals surface area (Å²) in [5, 5.41) is 7.50. The molecule has 0 atom stereocenters. The maximum Gasteiger partial charge on any atom is 0.228 e. The van der Waals surface area contributed by atoms with Gasteiger partial charge in [0.25, 0.3) is 0 Å². The lowest BCUT2D eigenvalue weighted by Gasteiger charge is -2.27. The molecule has 0 aromatic carbocycles. The standard InChI is InChI=1S/C11H20N4O/c1-4-9(2)8-15-11(16-3)10-7-12-5-6-14(10)13-15/h12-13H,2,4-8H2,1,3H3. The normalized spacial score (nSPS) is 20.1. The molecular formula is C11H20N4O.